The molecule has 2 unspecified atom stereocenters. The maximum absolute atomic E-state index is 12.3. The maximum Gasteiger partial charge on any atom is 0.573 e. The molecule has 2 atom stereocenters. The van der Waals surface area contributed by atoms with Crippen LogP contribution in [0.15, 0.2) is 47.7 Å². The predicted octanol–water partition coefficient (Wildman–Crippen LogP) is 3.60. The number of hydrogen-bond donors (Lipinski definition) is 1. The summed E-state index contributed by atoms with van der Waals surface area (Å²) in [6.07, 6.45) is -0.869. The number of alkyl halides is 3. The van der Waals surface area contributed by atoms with Crippen molar-refractivity contribution in [3.8, 4) is 5.75 Å². The van der Waals surface area contributed by atoms with Gasteiger partial charge in [-0.1, -0.05) is 25.1 Å². The van der Waals surface area contributed by atoms with Crippen LogP contribution in [0.1, 0.15) is 25.3 Å². The van der Waals surface area contributed by atoms with Crippen molar-refractivity contribution in [1.82, 2.24) is 9.91 Å². The standard InChI is InChI=1S/C17H22F3N3O/c1-11-9-15(16(22(3)4)23(21)10-11)12(2)13-5-7-14(8-6-13)24-17(18,19)20/h5-10,12,16H,21H2,1-4H3. The molecule has 132 valence electrons. The lowest BCUT2D eigenvalue weighted by atomic mass is 9.88. The summed E-state index contributed by atoms with van der Waals surface area (Å²) in [5, 5.41) is 1.64. The van der Waals surface area contributed by atoms with Crippen molar-refractivity contribution in [2.45, 2.75) is 32.3 Å². The second-order valence-electron chi connectivity index (χ2n) is 6.14. The third-order valence-electron chi connectivity index (χ3n) is 3.93. The molecule has 0 aromatic heterocycles. The molecule has 0 bridgehead atoms. The fraction of sp³-hybridized carbons (Fsp3) is 0.412. The van der Waals surface area contributed by atoms with Crippen molar-refractivity contribution >= 4 is 0 Å². The quantitative estimate of drug-likeness (QED) is 0.850. The summed E-state index contributed by atoms with van der Waals surface area (Å²) in [6, 6.07) is 5.95. The molecule has 4 nitrogen and oxygen atoms in total. The van der Waals surface area contributed by atoms with Crippen LogP contribution in [0.3, 0.4) is 0 Å². The predicted molar refractivity (Wildman–Crippen MR) is 86.9 cm³/mol. The molecule has 1 aliphatic rings. The number of halogens is 3. The monoisotopic (exact) mass is 341 g/mol. The molecule has 2 rings (SSSR count). The summed E-state index contributed by atoms with van der Waals surface area (Å²) >= 11 is 0. The molecule has 2 N–H and O–H groups in total. The van der Waals surface area contributed by atoms with Gasteiger partial charge in [-0.2, -0.15) is 0 Å². The second-order valence-corrected chi connectivity index (χ2v) is 6.14. The Morgan fingerprint density at radius 1 is 1.21 bits per heavy atom. The molecule has 0 saturated heterocycles. The van der Waals surface area contributed by atoms with Gasteiger partial charge >= 0.3 is 6.36 Å². The molecule has 24 heavy (non-hydrogen) atoms. The molecule has 0 radical (unpaired) electrons. The van der Waals surface area contributed by atoms with E-state index in [0.29, 0.717) is 0 Å². The summed E-state index contributed by atoms with van der Waals surface area (Å²) in [4.78, 5) is 1.99. The fourth-order valence-electron chi connectivity index (χ4n) is 2.92. The maximum atomic E-state index is 12.3. The Bertz CT molecular complexity index is 635. The summed E-state index contributed by atoms with van der Waals surface area (Å²) in [5.74, 6) is 5.87. The Hall–Kier alpha value is -1.99. The summed E-state index contributed by atoms with van der Waals surface area (Å²) in [7, 11) is 3.86. The lowest BCUT2D eigenvalue weighted by Gasteiger charge is -2.39. The molecule has 0 fully saturated rings. The van der Waals surface area contributed by atoms with Gasteiger partial charge in [0.05, 0.1) is 0 Å². The van der Waals surface area contributed by atoms with Gasteiger partial charge < -0.3 is 4.74 Å². The van der Waals surface area contributed by atoms with E-state index in [2.05, 4.69) is 10.8 Å². The zero-order valence-corrected chi connectivity index (χ0v) is 14.1. The largest absolute Gasteiger partial charge is 0.573 e. The van der Waals surface area contributed by atoms with E-state index in [1.54, 1.807) is 17.1 Å². The smallest absolute Gasteiger partial charge is 0.406 e. The van der Waals surface area contributed by atoms with Crippen LogP contribution in [0.2, 0.25) is 0 Å². The lowest BCUT2D eigenvalue weighted by molar-refractivity contribution is -0.274. The summed E-state index contributed by atoms with van der Waals surface area (Å²) in [6.45, 7) is 3.97. The molecule has 1 aromatic rings. The average Bonchev–Trinajstić information content (AvgIpc) is 2.44. The molecule has 0 saturated carbocycles. The van der Waals surface area contributed by atoms with Gasteiger partial charge in [-0.3, -0.25) is 9.91 Å². The van der Waals surface area contributed by atoms with Crippen molar-refractivity contribution in [1.29, 1.82) is 0 Å². The van der Waals surface area contributed by atoms with E-state index in [4.69, 9.17) is 5.84 Å². The van der Waals surface area contributed by atoms with Crippen molar-refractivity contribution < 1.29 is 17.9 Å². The number of nitrogens with zero attached hydrogens (tertiary/aromatic N) is 2. The molecule has 1 aliphatic heterocycles. The number of likely N-dealkylation sites (N-methyl/N-ethyl adjacent to an activating group) is 1. The SMILES string of the molecule is CC1=CN(N)C(N(C)C)C(C(C)c2ccc(OC(F)(F)F)cc2)=C1. The van der Waals surface area contributed by atoms with Gasteiger partial charge in [0.1, 0.15) is 11.9 Å². The number of rotatable bonds is 4. The van der Waals surface area contributed by atoms with Crippen LogP contribution in [-0.4, -0.2) is 36.5 Å². The van der Waals surface area contributed by atoms with Gasteiger partial charge in [-0.05, 0) is 49.9 Å². The average molecular weight is 341 g/mol. The first-order valence-electron chi connectivity index (χ1n) is 7.53. The molecule has 7 heteroatoms. The topological polar surface area (TPSA) is 41.7 Å². The van der Waals surface area contributed by atoms with Crippen LogP contribution < -0.4 is 10.6 Å². The minimum absolute atomic E-state index is 0.00737. The molecular formula is C17H22F3N3O. The summed E-state index contributed by atoms with van der Waals surface area (Å²) < 4.78 is 40.7. The number of allylic oxidation sites excluding steroid dienone is 2. The first kappa shape index (κ1) is 18.4. The third-order valence-corrected chi connectivity index (χ3v) is 3.93. The van der Waals surface area contributed by atoms with E-state index in [-0.39, 0.29) is 17.8 Å². The van der Waals surface area contributed by atoms with Gasteiger partial charge in [0.2, 0.25) is 0 Å². The first-order chi connectivity index (χ1) is 11.1. The Labute approximate surface area is 140 Å². The molecule has 0 aliphatic carbocycles. The zero-order valence-electron chi connectivity index (χ0n) is 14.1. The highest BCUT2D eigenvalue weighted by molar-refractivity contribution is 5.39. The highest BCUT2D eigenvalue weighted by Crippen LogP contribution is 2.33. The van der Waals surface area contributed by atoms with Crippen molar-refractivity contribution in [3.63, 3.8) is 0 Å². The highest BCUT2D eigenvalue weighted by Gasteiger charge is 2.31. The summed E-state index contributed by atoms with van der Waals surface area (Å²) in [5.41, 5.74) is 2.99. The Morgan fingerprint density at radius 3 is 2.29 bits per heavy atom. The number of hydrazine groups is 1. The van der Waals surface area contributed by atoms with Crippen LogP contribution in [0.5, 0.6) is 5.75 Å². The van der Waals surface area contributed by atoms with Gasteiger partial charge in [-0.25, -0.2) is 5.84 Å². The van der Waals surface area contributed by atoms with Crippen LogP contribution in [0.4, 0.5) is 13.2 Å². The van der Waals surface area contributed by atoms with Gasteiger partial charge in [-0.15, -0.1) is 13.2 Å². The van der Waals surface area contributed by atoms with E-state index < -0.39 is 6.36 Å². The highest BCUT2D eigenvalue weighted by atomic mass is 19.4. The van der Waals surface area contributed by atoms with Crippen LogP contribution in [0, 0.1) is 0 Å². The third kappa shape index (κ3) is 4.30. The molecule has 1 aromatic carbocycles. The van der Waals surface area contributed by atoms with E-state index in [1.807, 2.05) is 39.0 Å². The van der Waals surface area contributed by atoms with Crippen LogP contribution in [-0.2, 0) is 0 Å². The number of ether oxygens (including phenoxy) is 1. The zero-order chi connectivity index (χ0) is 18.1. The fourth-order valence-corrected chi connectivity index (χ4v) is 2.92. The van der Waals surface area contributed by atoms with Crippen molar-refractivity contribution in [3.05, 3.63) is 53.3 Å². The molecule has 0 amide bonds. The van der Waals surface area contributed by atoms with Gasteiger partial charge in [0.15, 0.2) is 0 Å². The Kier molecular flexibility index (Phi) is 5.25. The Balaban J connectivity index is 2.26. The van der Waals surface area contributed by atoms with Crippen molar-refractivity contribution in [2.24, 2.45) is 5.84 Å². The van der Waals surface area contributed by atoms with E-state index in [0.717, 1.165) is 16.7 Å². The minimum atomic E-state index is -4.68. The number of benzene rings is 1. The minimum Gasteiger partial charge on any atom is -0.406 e. The van der Waals surface area contributed by atoms with E-state index >= 15 is 0 Å². The van der Waals surface area contributed by atoms with E-state index in [9.17, 15) is 13.2 Å². The molecule has 1 heterocycles. The van der Waals surface area contributed by atoms with Crippen LogP contribution >= 0.6 is 0 Å². The second kappa shape index (κ2) is 6.86. The van der Waals surface area contributed by atoms with Crippen LogP contribution in [0.25, 0.3) is 0 Å². The lowest BCUT2D eigenvalue weighted by Crippen LogP contribution is -2.49. The van der Waals surface area contributed by atoms with Crippen molar-refractivity contribution in [2.75, 3.05) is 14.1 Å². The van der Waals surface area contributed by atoms with E-state index in [1.165, 1.54) is 12.1 Å². The molecule has 0 spiro atoms. The normalized spacial score (nSPS) is 19.9. The van der Waals surface area contributed by atoms with Gasteiger partial charge in [0, 0.05) is 12.1 Å². The number of nitrogens with two attached hydrogens (primary N) is 1. The van der Waals surface area contributed by atoms with Gasteiger partial charge in [0.25, 0.3) is 0 Å². The first-order valence-corrected chi connectivity index (χ1v) is 7.53. The molecular weight excluding hydrogens is 319 g/mol. The Morgan fingerprint density at radius 2 is 1.79 bits per heavy atom. The number of hydrogen-bond acceptors (Lipinski definition) is 4.